The van der Waals surface area contributed by atoms with E-state index in [2.05, 4.69) is 15.5 Å². The zero-order valence-electron chi connectivity index (χ0n) is 20.2. The number of amides is 1. The molecular formula is C26H23ClN4O5S. The van der Waals surface area contributed by atoms with Crippen molar-refractivity contribution >= 4 is 46.4 Å². The Bertz CT molecular complexity index is 1520. The predicted molar refractivity (Wildman–Crippen MR) is 145 cm³/mol. The third kappa shape index (κ3) is 5.71. The van der Waals surface area contributed by atoms with Crippen LogP contribution in [0.1, 0.15) is 5.56 Å². The molecule has 0 unspecified atom stereocenters. The molecule has 0 aliphatic carbocycles. The molecule has 4 aromatic rings. The van der Waals surface area contributed by atoms with Gasteiger partial charge in [-0.1, -0.05) is 35.5 Å². The fraction of sp³-hybridized carbons (Fsp3) is 0.154. The lowest BCUT2D eigenvalue weighted by Crippen LogP contribution is -2.24. The first kappa shape index (κ1) is 26.1. The first-order valence-electron chi connectivity index (χ1n) is 11.0. The fourth-order valence-corrected chi connectivity index (χ4v) is 4.52. The van der Waals surface area contributed by atoms with Crippen LogP contribution in [0, 0.1) is 0 Å². The molecule has 0 fully saturated rings. The average Bonchev–Trinajstić information content (AvgIpc) is 2.92. The van der Waals surface area contributed by atoms with E-state index in [1.165, 1.54) is 32.1 Å². The number of nitrogens with zero attached hydrogens (tertiary/aromatic N) is 3. The molecule has 0 spiro atoms. The van der Waals surface area contributed by atoms with Crippen LogP contribution < -0.4 is 25.2 Å². The maximum atomic E-state index is 13.3. The van der Waals surface area contributed by atoms with Gasteiger partial charge in [0.15, 0.2) is 16.7 Å². The third-order valence-corrected chi connectivity index (χ3v) is 6.48. The van der Waals surface area contributed by atoms with E-state index < -0.39 is 0 Å². The van der Waals surface area contributed by atoms with Crippen LogP contribution in [0.15, 0.2) is 75.7 Å². The van der Waals surface area contributed by atoms with Gasteiger partial charge in [-0.25, -0.2) is 10.4 Å². The number of hydrogen-bond acceptors (Lipinski definition) is 8. The first-order chi connectivity index (χ1) is 18.0. The summed E-state index contributed by atoms with van der Waals surface area (Å²) in [6, 6.07) is 17.3. The van der Waals surface area contributed by atoms with Crippen LogP contribution >= 0.6 is 23.4 Å². The number of rotatable bonds is 9. The Morgan fingerprint density at radius 2 is 1.76 bits per heavy atom. The van der Waals surface area contributed by atoms with Gasteiger partial charge in [0.2, 0.25) is 5.75 Å². The number of hydrogen-bond donors (Lipinski definition) is 1. The van der Waals surface area contributed by atoms with Gasteiger partial charge in [0, 0.05) is 10.6 Å². The van der Waals surface area contributed by atoms with Gasteiger partial charge in [-0.3, -0.25) is 14.2 Å². The summed E-state index contributed by atoms with van der Waals surface area (Å²) in [5, 5.41) is 5.42. The van der Waals surface area contributed by atoms with Gasteiger partial charge in [-0.05, 0) is 48.5 Å². The van der Waals surface area contributed by atoms with Crippen molar-refractivity contribution in [1.82, 2.24) is 15.0 Å². The highest BCUT2D eigenvalue weighted by molar-refractivity contribution is 7.99. The van der Waals surface area contributed by atoms with Crippen LogP contribution in [0.4, 0.5) is 0 Å². The van der Waals surface area contributed by atoms with Crippen LogP contribution in [-0.2, 0) is 4.79 Å². The largest absolute Gasteiger partial charge is 0.493 e. The van der Waals surface area contributed by atoms with Gasteiger partial charge in [0.05, 0.1) is 49.9 Å². The Balaban J connectivity index is 1.54. The minimum atomic E-state index is -0.384. The van der Waals surface area contributed by atoms with E-state index in [1.54, 1.807) is 60.7 Å². The monoisotopic (exact) mass is 538 g/mol. The number of ether oxygens (including phenoxy) is 3. The molecule has 1 N–H and O–H groups in total. The minimum absolute atomic E-state index is 0.0290. The number of aromatic nitrogens is 2. The van der Waals surface area contributed by atoms with Crippen molar-refractivity contribution in [3.63, 3.8) is 0 Å². The molecule has 1 aromatic heterocycles. The van der Waals surface area contributed by atoms with Crippen molar-refractivity contribution < 1.29 is 19.0 Å². The Kier molecular flexibility index (Phi) is 8.32. The SMILES string of the molecule is COc1ccc(/C=N/NC(=O)CSc2nc3ccccc3c(=O)n2-c2ccc(Cl)cc2)c(OC)c1OC. The number of carbonyl (C=O) groups excluding carboxylic acids is 1. The number of nitrogens with one attached hydrogen (secondary N) is 1. The first-order valence-corrected chi connectivity index (χ1v) is 12.3. The minimum Gasteiger partial charge on any atom is -0.493 e. The molecule has 4 rings (SSSR count). The highest BCUT2D eigenvalue weighted by Crippen LogP contribution is 2.39. The molecule has 0 saturated heterocycles. The van der Waals surface area contributed by atoms with Crippen LogP contribution in [0.2, 0.25) is 5.02 Å². The number of halogens is 1. The van der Waals surface area contributed by atoms with Crippen molar-refractivity contribution in [2.45, 2.75) is 5.16 Å². The Morgan fingerprint density at radius 1 is 1.03 bits per heavy atom. The molecule has 1 heterocycles. The van der Waals surface area contributed by atoms with Crippen molar-refractivity contribution in [3.05, 3.63) is 81.6 Å². The summed E-state index contributed by atoms with van der Waals surface area (Å²) in [4.78, 5) is 30.5. The molecule has 190 valence electrons. The van der Waals surface area contributed by atoms with E-state index in [4.69, 9.17) is 25.8 Å². The average molecular weight is 539 g/mol. The standard InChI is InChI=1S/C26H23ClN4O5S/c1-34-21-13-8-16(23(35-2)24(21)36-3)14-28-30-22(32)15-37-26-29-20-7-5-4-6-19(20)25(33)31(26)18-11-9-17(27)10-12-18/h4-14H,15H2,1-3H3,(H,30,32)/b28-14+. The second-order valence-corrected chi connectivity index (χ2v) is 8.91. The summed E-state index contributed by atoms with van der Waals surface area (Å²) in [5.74, 6) is 0.927. The van der Waals surface area contributed by atoms with E-state index in [9.17, 15) is 9.59 Å². The number of carbonyl (C=O) groups is 1. The molecule has 3 aromatic carbocycles. The van der Waals surface area contributed by atoms with Gasteiger partial charge in [0.25, 0.3) is 11.5 Å². The summed E-state index contributed by atoms with van der Waals surface area (Å²) in [7, 11) is 4.53. The van der Waals surface area contributed by atoms with Gasteiger partial charge in [-0.2, -0.15) is 5.10 Å². The van der Waals surface area contributed by atoms with Crippen molar-refractivity contribution in [2.75, 3.05) is 27.1 Å². The summed E-state index contributed by atoms with van der Waals surface area (Å²) in [5.41, 5.74) is 3.96. The summed E-state index contributed by atoms with van der Waals surface area (Å²) in [6.45, 7) is 0. The second-order valence-electron chi connectivity index (χ2n) is 7.53. The Morgan fingerprint density at radius 3 is 2.46 bits per heavy atom. The topological polar surface area (TPSA) is 104 Å². The van der Waals surface area contributed by atoms with Crippen LogP contribution in [-0.4, -0.2) is 48.8 Å². The summed E-state index contributed by atoms with van der Waals surface area (Å²) < 4.78 is 17.5. The highest BCUT2D eigenvalue weighted by atomic mass is 35.5. The van der Waals surface area contributed by atoms with E-state index in [1.807, 2.05) is 0 Å². The van der Waals surface area contributed by atoms with Crippen LogP contribution in [0.3, 0.4) is 0 Å². The molecule has 0 radical (unpaired) electrons. The molecule has 1 amide bonds. The maximum absolute atomic E-state index is 13.3. The van der Waals surface area contributed by atoms with Gasteiger partial charge >= 0.3 is 0 Å². The molecule has 0 atom stereocenters. The van der Waals surface area contributed by atoms with Gasteiger partial charge in [0.1, 0.15) is 0 Å². The summed E-state index contributed by atoms with van der Waals surface area (Å²) >= 11 is 7.14. The molecular weight excluding hydrogens is 516 g/mol. The molecule has 11 heteroatoms. The third-order valence-electron chi connectivity index (χ3n) is 5.29. The zero-order valence-corrected chi connectivity index (χ0v) is 21.8. The Hall–Kier alpha value is -4.02. The molecule has 37 heavy (non-hydrogen) atoms. The van der Waals surface area contributed by atoms with Crippen LogP contribution in [0.5, 0.6) is 17.2 Å². The van der Waals surface area contributed by atoms with Crippen molar-refractivity contribution in [2.24, 2.45) is 5.10 Å². The molecule has 0 aliphatic heterocycles. The predicted octanol–water partition coefficient (Wildman–Crippen LogP) is 4.31. The zero-order chi connectivity index (χ0) is 26.4. The molecule has 0 bridgehead atoms. The van der Waals surface area contributed by atoms with Crippen molar-refractivity contribution in [3.8, 4) is 22.9 Å². The smallest absolute Gasteiger partial charge is 0.266 e. The number of benzene rings is 3. The molecule has 0 saturated carbocycles. The van der Waals surface area contributed by atoms with E-state index >= 15 is 0 Å². The lowest BCUT2D eigenvalue weighted by atomic mass is 10.2. The van der Waals surface area contributed by atoms with Crippen molar-refractivity contribution in [1.29, 1.82) is 0 Å². The number of thioether (sulfide) groups is 1. The summed E-state index contributed by atoms with van der Waals surface area (Å²) in [6.07, 6.45) is 1.45. The van der Waals surface area contributed by atoms with Crippen LogP contribution in [0.25, 0.3) is 16.6 Å². The highest BCUT2D eigenvalue weighted by Gasteiger charge is 2.16. The normalized spacial score (nSPS) is 11.0. The fourth-order valence-electron chi connectivity index (χ4n) is 3.59. The number of methoxy groups -OCH3 is 3. The number of hydrazone groups is 1. The lowest BCUT2D eigenvalue weighted by Gasteiger charge is -2.13. The Labute approximate surface area is 222 Å². The quantitative estimate of drug-likeness (QED) is 0.146. The maximum Gasteiger partial charge on any atom is 0.266 e. The number of fused-ring (bicyclic) bond motifs is 1. The second kappa shape index (κ2) is 11.8. The van der Waals surface area contributed by atoms with Gasteiger partial charge < -0.3 is 14.2 Å². The van der Waals surface area contributed by atoms with E-state index in [0.29, 0.717) is 49.6 Å². The number of para-hydroxylation sites is 1. The van der Waals surface area contributed by atoms with E-state index in [0.717, 1.165) is 11.8 Å². The molecule has 0 aliphatic rings. The molecule has 9 nitrogen and oxygen atoms in total. The van der Waals surface area contributed by atoms with Gasteiger partial charge in [-0.15, -0.1) is 0 Å². The van der Waals surface area contributed by atoms with E-state index in [-0.39, 0.29) is 17.2 Å². The lowest BCUT2D eigenvalue weighted by molar-refractivity contribution is -0.118.